The molecule has 0 saturated heterocycles. The number of hydrogen-bond acceptors (Lipinski definition) is 2. The van der Waals surface area contributed by atoms with E-state index in [0.717, 1.165) is 23.0 Å². The van der Waals surface area contributed by atoms with Crippen LogP contribution in [-0.4, -0.2) is 15.7 Å². The number of hydrogen-bond donors (Lipinski definition) is 2. The third-order valence-electron chi connectivity index (χ3n) is 3.94. The molecule has 3 rings (SSSR count). The normalized spacial score (nSPS) is 10.9. The maximum atomic E-state index is 11.7. The average molecular weight is 294 g/mol. The minimum absolute atomic E-state index is 0.484. The van der Waals surface area contributed by atoms with E-state index in [1.807, 2.05) is 31.3 Å². The lowest BCUT2D eigenvalue weighted by Gasteiger charge is -2.09. The van der Waals surface area contributed by atoms with Gasteiger partial charge in [0, 0.05) is 23.8 Å². The van der Waals surface area contributed by atoms with Gasteiger partial charge in [-0.25, -0.2) is 5.48 Å². The van der Waals surface area contributed by atoms with E-state index in [4.69, 9.17) is 5.21 Å². The number of nitrogens with one attached hydrogen (secondary N) is 1. The van der Waals surface area contributed by atoms with Gasteiger partial charge in [0.05, 0.1) is 0 Å². The predicted octanol–water partition coefficient (Wildman–Crippen LogP) is 3.43. The first kappa shape index (κ1) is 14.4. The molecule has 2 N–H and O–H groups in total. The zero-order valence-electron chi connectivity index (χ0n) is 12.6. The van der Waals surface area contributed by atoms with Crippen LogP contribution in [0.4, 0.5) is 0 Å². The molecule has 22 heavy (non-hydrogen) atoms. The number of nitrogens with zero attached hydrogens (tertiary/aromatic N) is 1. The Balaban J connectivity index is 2.03. The average Bonchev–Trinajstić information content (AvgIpc) is 2.90. The summed E-state index contributed by atoms with van der Waals surface area (Å²) in [4.78, 5) is 11.7. The summed E-state index contributed by atoms with van der Waals surface area (Å²) in [5.74, 6) is -0.484. The Bertz CT molecular complexity index is 832. The van der Waals surface area contributed by atoms with E-state index in [-0.39, 0.29) is 0 Å². The van der Waals surface area contributed by atoms with Gasteiger partial charge >= 0.3 is 0 Å². The van der Waals surface area contributed by atoms with Crippen molar-refractivity contribution in [3.63, 3.8) is 0 Å². The van der Waals surface area contributed by atoms with Crippen LogP contribution in [0, 0.1) is 13.8 Å². The van der Waals surface area contributed by atoms with Crippen molar-refractivity contribution >= 4 is 16.8 Å². The van der Waals surface area contributed by atoms with Gasteiger partial charge < -0.3 is 4.57 Å². The Kier molecular flexibility index (Phi) is 3.69. The van der Waals surface area contributed by atoms with E-state index in [2.05, 4.69) is 35.8 Å². The Morgan fingerprint density at radius 3 is 2.55 bits per heavy atom. The Hall–Kier alpha value is -2.59. The fourth-order valence-corrected chi connectivity index (χ4v) is 2.68. The summed E-state index contributed by atoms with van der Waals surface area (Å²) in [6.07, 6.45) is 2.02. The third-order valence-corrected chi connectivity index (χ3v) is 3.94. The number of fused-ring (bicyclic) bond motifs is 1. The van der Waals surface area contributed by atoms with Crippen molar-refractivity contribution < 1.29 is 10.0 Å². The molecular formula is C18H18N2O2. The molecule has 0 aliphatic rings. The van der Waals surface area contributed by atoms with Crippen LogP contribution < -0.4 is 5.48 Å². The van der Waals surface area contributed by atoms with Crippen molar-refractivity contribution in [3.05, 3.63) is 70.9 Å². The van der Waals surface area contributed by atoms with Crippen molar-refractivity contribution in [1.29, 1.82) is 0 Å². The van der Waals surface area contributed by atoms with Crippen molar-refractivity contribution in [3.8, 4) is 0 Å². The largest absolute Gasteiger partial charge is 0.343 e. The molecule has 1 heterocycles. The molecule has 0 bridgehead atoms. The highest BCUT2D eigenvalue weighted by molar-refractivity contribution is 5.99. The van der Waals surface area contributed by atoms with Crippen LogP contribution >= 0.6 is 0 Å². The molecule has 3 aromatic rings. The first-order valence-electron chi connectivity index (χ1n) is 7.18. The lowest BCUT2D eigenvalue weighted by atomic mass is 10.1. The van der Waals surface area contributed by atoms with Crippen LogP contribution in [0.2, 0.25) is 0 Å². The molecule has 0 spiro atoms. The predicted molar refractivity (Wildman–Crippen MR) is 86.2 cm³/mol. The summed E-state index contributed by atoms with van der Waals surface area (Å²) < 4.78 is 2.10. The fourth-order valence-electron chi connectivity index (χ4n) is 2.68. The first-order chi connectivity index (χ1) is 10.6. The number of carbonyl (C=O) groups excluding carboxylic acids is 1. The lowest BCUT2D eigenvalue weighted by molar-refractivity contribution is 0.0706. The van der Waals surface area contributed by atoms with E-state index >= 15 is 0 Å². The van der Waals surface area contributed by atoms with Crippen molar-refractivity contribution in [2.75, 3.05) is 0 Å². The number of aryl methyl sites for hydroxylation is 2. The first-order valence-corrected chi connectivity index (χ1v) is 7.18. The van der Waals surface area contributed by atoms with E-state index in [0.29, 0.717) is 5.56 Å². The number of rotatable bonds is 3. The maximum Gasteiger partial charge on any atom is 0.274 e. The highest BCUT2D eigenvalue weighted by atomic mass is 16.5. The SMILES string of the molecule is Cc1ccc(Cn2ccc3cc(C)c(C(=O)NO)cc32)cc1. The van der Waals surface area contributed by atoms with Gasteiger partial charge in [-0.2, -0.15) is 0 Å². The molecule has 0 unspecified atom stereocenters. The molecule has 112 valence electrons. The Morgan fingerprint density at radius 2 is 1.86 bits per heavy atom. The molecule has 1 aromatic heterocycles. The van der Waals surface area contributed by atoms with Gasteiger partial charge in [-0.3, -0.25) is 10.0 Å². The van der Waals surface area contributed by atoms with E-state index in [9.17, 15) is 4.79 Å². The van der Waals surface area contributed by atoms with Crippen LogP contribution in [0.25, 0.3) is 10.9 Å². The van der Waals surface area contributed by atoms with Gasteiger partial charge in [0.15, 0.2) is 0 Å². The van der Waals surface area contributed by atoms with Gasteiger partial charge in [-0.15, -0.1) is 0 Å². The topological polar surface area (TPSA) is 54.3 Å². The fraction of sp³-hybridized carbons (Fsp3) is 0.167. The van der Waals surface area contributed by atoms with Crippen LogP contribution in [0.15, 0.2) is 48.7 Å². The molecule has 0 atom stereocenters. The number of amides is 1. The van der Waals surface area contributed by atoms with E-state index in [1.165, 1.54) is 11.1 Å². The number of carbonyl (C=O) groups is 1. The zero-order chi connectivity index (χ0) is 15.7. The highest BCUT2D eigenvalue weighted by Crippen LogP contribution is 2.22. The molecule has 0 radical (unpaired) electrons. The van der Waals surface area contributed by atoms with E-state index < -0.39 is 5.91 Å². The number of benzene rings is 2. The van der Waals surface area contributed by atoms with Crippen LogP contribution in [0.3, 0.4) is 0 Å². The molecule has 1 amide bonds. The van der Waals surface area contributed by atoms with E-state index in [1.54, 1.807) is 5.48 Å². The molecule has 2 aromatic carbocycles. The van der Waals surface area contributed by atoms with Crippen LogP contribution in [0.5, 0.6) is 0 Å². The monoisotopic (exact) mass is 294 g/mol. The summed E-state index contributed by atoms with van der Waals surface area (Å²) >= 11 is 0. The van der Waals surface area contributed by atoms with Crippen LogP contribution in [-0.2, 0) is 6.54 Å². The molecule has 0 fully saturated rings. The van der Waals surface area contributed by atoms with Crippen molar-refractivity contribution in [2.45, 2.75) is 20.4 Å². The smallest absolute Gasteiger partial charge is 0.274 e. The van der Waals surface area contributed by atoms with Crippen molar-refractivity contribution in [2.24, 2.45) is 0 Å². The summed E-state index contributed by atoms with van der Waals surface area (Å²) in [6.45, 7) is 4.67. The molecular weight excluding hydrogens is 276 g/mol. The number of hydroxylamine groups is 1. The molecule has 4 heteroatoms. The van der Waals surface area contributed by atoms with Gasteiger partial charge in [-0.05, 0) is 48.6 Å². The third kappa shape index (κ3) is 2.61. The van der Waals surface area contributed by atoms with Crippen molar-refractivity contribution in [1.82, 2.24) is 10.0 Å². The second-order valence-corrected chi connectivity index (χ2v) is 5.60. The Labute approximate surface area is 129 Å². The molecule has 0 saturated carbocycles. The molecule has 4 nitrogen and oxygen atoms in total. The highest BCUT2D eigenvalue weighted by Gasteiger charge is 2.11. The van der Waals surface area contributed by atoms with Gasteiger partial charge in [0.2, 0.25) is 0 Å². The zero-order valence-corrected chi connectivity index (χ0v) is 12.6. The summed E-state index contributed by atoms with van der Waals surface area (Å²) in [5.41, 5.74) is 6.45. The second kappa shape index (κ2) is 5.66. The summed E-state index contributed by atoms with van der Waals surface area (Å²) in [7, 11) is 0. The summed E-state index contributed by atoms with van der Waals surface area (Å²) in [6, 6.07) is 14.2. The van der Waals surface area contributed by atoms with Crippen LogP contribution in [0.1, 0.15) is 27.0 Å². The standard InChI is InChI=1S/C18H18N2O2/c1-12-3-5-14(6-4-12)11-20-8-7-15-9-13(2)16(10-17(15)20)18(21)19-22/h3-10,22H,11H2,1-2H3,(H,19,21). The van der Waals surface area contributed by atoms with Gasteiger partial charge in [0.1, 0.15) is 0 Å². The maximum absolute atomic E-state index is 11.7. The summed E-state index contributed by atoms with van der Waals surface area (Å²) in [5, 5.41) is 9.94. The molecule has 0 aliphatic carbocycles. The van der Waals surface area contributed by atoms with Gasteiger partial charge in [0.25, 0.3) is 5.91 Å². The quantitative estimate of drug-likeness (QED) is 0.574. The lowest BCUT2D eigenvalue weighted by Crippen LogP contribution is -2.19. The minimum atomic E-state index is -0.484. The second-order valence-electron chi connectivity index (χ2n) is 5.60. The minimum Gasteiger partial charge on any atom is -0.343 e. The number of aromatic nitrogens is 1. The molecule has 0 aliphatic heterocycles. The Morgan fingerprint density at radius 1 is 1.14 bits per heavy atom. The van der Waals surface area contributed by atoms with Gasteiger partial charge in [-0.1, -0.05) is 29.8 Å².